The number of nitrogens with one attached hydrogen (secondary N) is 2. The first-order valence-corrected chi connectivity index (χ1v) is 20.4. The summed E-state index contributed by atoms with van der Waals surface area (Å²) in [6.07, 6.45) is 0.959. The SMILES string of the molecule is COc1ccc2c(c1)[C@@]1(O[C@H](CC(=O)N(CCO)Cc3ccccc3)[C@@H]([Si](C)(C)O)[C@@H]1C)C(=O)N2Cc1cccc(NC(=O)[C@H]2CCCN2)c1. The number of nitrogens with zero attached hydrogens (tertiary/aromatic N) is 2. The smallest absolute Gasteiger partial charge is 0.264 e. The second kappa shape index (κ2) is 14.6. The van der Waals surface area contributed by atoms with Crippen molar-refractivity contribution in [3.63, 3.8) is 0 Å². The topological polar surface area (TPSA) is 141 Å². The first-order valence-electron chi connectivity index (χ1n) is 17.4. The Labute approximate surface area is 294 Å². The number of methoxy groups -OCH3 is 1. The Morgan fingerprint density at radius 3 is 2.54 bits per heavy atom. The molecule has 3 aromatic rings. The van der Waals surface area contributed by atoms with Gasteiger partial charge in [0, 0.05) is 35.8 Å². The van der Waals surface area contributed by atoms with E-state index in [-0.39, 0.29) is 49.9 Å². The van der Waals surface area contributed by atoms with E-state index in [1.807, 2.05) is 92.8 Å². The largest absolute Gasteiger partial charge is 0.497 e. The number of rotatable bonds is 12. The lowest BCUT2D eigenvalue weighted by Gasteiger charge is -2.32. The van der Waals surface area contributed by atoms with E-state index >= 15 is 0 Å². The molecule has 11 nitrogen and oxygen atoms in total. The quantitative estimate of drug-likeness (QED) is 0.207. The van der Waals surface area contributed by atoms with Crippen LogP contribution in [0.5, 0.6) is 5.75 Å². The molecule has 0 radical (unpaired) electrons. The molecule has 1 spiro atoms. The van der Waals surface area contributed by atoms with Crippen LogP contribution in [0.4, 0.5) is 11.4 Å². The van der Waals surface area contributed by atoms with Crippen molar-refractivity contribution in [1.82, 2.24) is 10.2 Å². The first kappa shape index (κ1) is 35.7. The van der Waals surface area contributed by atoms with Crippen LogP contribution in [0.15, 0.2) is 72.8 Å². The van der Waals surface area contributed by atoms with E-state index in [0.29, 0.717) is 29.2 Å². The summed E-state index contributed by atoms with van der Waals surface area (Å²) in [6.45, 7) is 6.91. The first-order chi connectivity index (χ1) is 24.0. The van der Waals surface area contributed by atoms with Crippen LogP contribution in [0.25, 0.3) is 0 Å². The van der Waals surface area contributed by atoms with Gasteiger partial charge in [-0.2, -0.15) is 0 Å². The van der Waals surface area contributed by atoms with Gasteiger partial charge in [0.1, 0.15) is 5.75 Å². The summed E-state index contributed by atoms with van der Waals surface area (Å²) in [5, 5.41) is 16.1. The van der Waals surface area contributed by atoms with E-state index in [1.165, 1.54) is 0 Å². The molecular formula is C38H48N4O7Si. The lowest BCUT2D eigenvalue weighted by molar-refractivity contribution is -0.150. The van der Waals surface area contributed by atoms with Crippen LogP contribution in [-0.2, 0) is 37.8 Å². The van der Waals surface area contributed by atoms with Crippen LogP contribution in [0.2, 0.25) is 18.6 Å². The van der Waals surface area contributed by atoms with E-state index < -0.39 is 31.5 Å². The summed E-state index contributed by atoms with van der Waals surface area (Å²) < 4.78 is 12.5. The lowest BCUT2D eigenvalue weighted by Crippen LogP contribution is -2.46. The molecule has 4 N–H and O–H groups in total. The lowest BCUT2D eigenvalue weighted by atomic mass is 9.82. The third-order valence-corrected chi connectivity index (χ3v) is 12.9. The Balaban J connectivity index is 1.31. The molecule has 0 bridgehead atoms. The minimum atomic E-state index is -3.03. The number of hydrogen-bond donors (Lipinski definition) is 4. The number of aliphatic hydroxyl groups is 1. The third-order valence-electron chi connectivity index (χ3n) is 10.4. The van der Waals surface area contributed by atoms with Gasteiger partial charge in [-0.15, -0.1) is 0 Å². The van der Waals surface area contributed by atoms with Crippen molar-refractivity contribution >= 4 is 37.4 Å². The molecule has 2 fully saturated rings. The van der Waals surface area contributed by atoms with Gasteiger partial charge in [0.15, 0.2) is 13.9 Å². The number of carbonyl (C=O) groups is 3. The predicted octanol–water partition coefficient (Wildman–Crippen LogP) is 4.14. The van der Waals surface area contributed by atoms with Crippen molar-refractivity contribution in [2.24, 2.45) is 5.92 Å². The highest BCUT2D eigenvalue weighted by atomic mass is 28.4. The molecule has 2 saturated heterocycles. The van der Waals surface area contributed by atoms with E-state index in [1.54, 1.807) is 16.9 Å². The van der Waals surface area contributed by atoms with Crippen LogP contribution < -0.4 is 20.3 Å². The van der Waals surface area contributed by atoms with Gasteiger partial charge in [0.05, 0.1) is 44.5 Å². The molecule has 6 rings (SSSR count). The zero-order valence-corrected chi connectivity index (χ0v) is 30.2. The Kier molecular flexibility index (Phi) is 10.5. The molecule has 3 aliphatic heterocycles. The number of aliphatic hydroxyl groups excluding tert-OH is 1. The number of ether oxygens (including phenoxy) is 2. The molecule has 3 aromatic carbocycles. The Morgan fingerprint density at radius 1 is 1.10 bits per heavy atom. The van der Waals surface area contributed by atoms with Gasteiger partial charge in [-0.1, -0.05) is 49.4 Å². The van der Waals surface area contributed by atoms with E-state index in [9.17, 15) is 24.3 Å². The van der Waals surface area contributed by atoms with Gasteiger partial charge in [-0.05, 0) is 73.9 Å². The second-order valence-electron chi connectivity index (χ2n) is 14.2. The van der Waals surface area contributed by atoms with E-state index in [0.717, 1.165) is 30.5 Å². The van der Waals surface area contributed by atoms with Gasteiger partial charge in [0.25, 0.3) is 5.91 Å². The maximum absolute atomic E-state index is 14.9. The summed E-state index contributed by atoms with van der Waals surface area (Å²) in [4.78, 5) is 56.7. The number of benzene rings is 3. The van der Waals surface area contributed by atoms with Crippen LogP contribution in [-0.4, -0.2) is 79.8 Å². The number of fused-ring (bicyclic) bond motifs is 2. The molecule has 0 saturated carbocycles. The molecular weight excluding hydrogens is 653 g/mol. The maximum atomic E-state index is 14.9. The summed E-state index contributed by atoms with van der Waals surface area (Å²) in [5.41, 5.74) is 1.79. The van der Waals surface area contributed by atoms with Gasteiger partial charge in [-0.3, -0.25) is 14.4 Å². The minimum Gasteiger partial charge on any atom is -0.497 e. The molecule has 3 aliphatic rings. The fourth-order valence-corrected chi connectivity index (χ4v) is 10.7. The molecule has 3 amide bonds. The van der Waals surface area contributed by atoms with Crippen LogP contribution in [0.3, 0.4) is 0 Å². The summed E-state index contributed by atoms with van der Waals surface area (Å²) in [5.74, 6) is -0.481. The highest BCUT2D eigenvalue weighted by molar-refractivity contribution is 6.71. The average Bonchev–Trinajstić information content (AvgIpc) is 3.79. The molecule has 5 atom stereocenters. The molecule has 266 valence electrons. The van der Waals surface area contributed by atoms with Gasteiger partial charge in [0.2, 0.25) is 11.8 Å². The highest BCUT2D eigenvalue weighted by Gasteiger charge is 2.66. The molecule has 3 heterocycles. The number of amides is 3. The fraction of sp³-hybridized carbons (Fsp3) is 0.447. The summed E-state index contributed by atoms with van der Waals surface area (Å²) in [6, 6.07) is 22.3. The zero-order valence-electron chi connectivity index (χ0n) is 29.2. The Morgan fingerprint density at radius 2 is 1.86 bits per heavy atom. The molecule has 0 aromatic heterocycles. The minimum absolute atomic E-state index is 0.0508. The zero-order chi connectivity index (χ0) is 35.6. The molecule has 0 aliphatic carbocycles. The Hall–Kier alpha value is -4.07. The molecule has 0 unspecified atom stereocenters. The van der Waals surface area contributed by atoms with Crippen LogP contribution >= 0.6 is 0 Å². The highest BCUT2D eigenvalue weighted by Crippen LogP contribution is 2.60. The van der Waals surface area contributed by atoms with E-state index in [4.69, 9.17) is 9.47 Å². The van der Waals surface area contributed by atoms with Gasteiger partial charge in [-0.25, -0.2) is 0 Å². The second-order valence-corrected chi connectivity index (χ2v) is 18.2. The molecule has 12 heteroatoms. The predicted molar refractivity (Wildman–Crippen MR) is 193 cm³/mol. The van der Waals surface area contributed by atoms with Gasteiger partial charge >= 0.3 is 0 Å². The number of carbonyl (C=O) groups excluding carboxylic acids is 3. The third kappa shape index (κ3) is 6.95. The monoisotopic (exact) mass is 700 g/mol. The average molecular weight is 701 g/mol. The van der Waals surface area contributed by atoms with Crippen molar-refractivity contribution in [3.8, 4) is 5.75 Å². The normalized spacial score (nSPS) is 24.4. The fourth-order valence-electron chi connectivity index (χ4n) is 8.13. The van der Waals surface area contributed by atoms with Gasteiger partial charge < -0.3 is 39.8 Å². The summed E-state index contributed by atoms with van der Waals surface area (Å²) in [7, 11) is -1.47. The summed E-state index contributed by atoms with van der Waals surface area (Å²) >= 11 is 0. The van der Waals surface area contributed by atoms with Crippen LogP contribution in [0, 0.1) is 5.92 Å². The van der Waals surface area contributed by atoms with Crippen molar-refractivity contribution in [2.45, 2.75) is 75.7 Å². The van der Waals surface area contributed by atoms with Crippen molar-refractivity contribution in [1.29, 1.82) is 0 Å². The van der Waals surface area contributed by atoms with Crippen molar-refractivity contribution in [2.75, 3.05) is 37.0 Å². The van der Waals surface area contributed by atoms with Crippen molar-refractivity contribution in [3.05, 3.63) is 89.5 Å². The van der Waals surface area contributed by atoms with Crippen molar-refractivity contribution < 1.29 is 33.8 Å². The maximum Gasteiger partial charge on any atom is 0.264 e. The standard InChI is InChI=1S/C38H48N4O7Si/c1-25-35(50(3,4)47)33(22-34(44)41(18-19-43)23-26-10-6-5-7-11-26)49-38(25)30-21-29(48-2)15-16-32(30)42(37(38)46)24-27-12-8-13-28(20-27)40-36(45)31-14-9-17-39-31/h5-8,10-13,15-16,20-21,25,31,33,35,39,43,47H,9,14,17-19,22-24H2,1-4H3,(H,40,45)/t25-,31+,33+,35-,38+/m0/s1. The molecule has 50 heavy (non-hydrogen) atoms. The number of anilines is 2. The number of hydrogen-bond acceptors (Lipinski definition) is 8. The van der Waals surface area contributed by atoms with E-state index in [2.05, 4.69) is 10.6 Å². The van der Waals surface area contributed by atoms with Crippen LogP contribution in [0.1, 0.15) is 42.9 Å². The Bertz CT molecular complexity index is 1710.